The highest BCUT2D eigenvalue weighted by molar-refractivity contribution is 6.35. The number of amides is 3. The van der Waals surface area contributed by atoms with E-state index in [1.54, 1.807) is 25.1 Å². The number of piperidine rings is 1. The van der Waals surface area contributed by atoms with Crippen molar-refractivity contribution >= 4 is 57.6 Å². The van der Waals surface area contributed by atoms with Gasteiger partial charge in [0.05, 0.1) is 23.8 Å². The molecule has 5 aromatic rings. The van der Waals surface area contributed by atoms with Crippen LogP contribution in [-0.2, 0) is 0 Å². The average Bonchev–Trinajstić information content (AvgIpc) is 3.74. The van der Waals surface area contributed by atoms with Gasteiger partial charge in [-0.2, -0.15) is 0 Å². The fourth-order valence-corrected chi connectivity index (χ4v) is 8.66. The van der Waals surface area contributed by atoms with E-state index in [4.69, 9.17) is 39.8 Å². The molecule has 0 unspecified atom stereocenters. The van der Waals surface area contributed by atoms with Crippen molar-refractivity contribution in [3.05, 3.63) is 99.4 Å². The maximum Gasteiger partial charge on any atom is 0.317 e. The van der Waals surface area contributed by atoms with Gasteiger partial charge in [0, 0.05) is 82.4 Å². The van der Waals surface area contributed by atoms with Gasteiger partial charge in [-0.1, -0.05) is 90.1 Å². The molecular weight excluding hydrogens is 717 g/mol. The van der Waals surface area contributed by atoms with Crippen LogP contribution in [0.5, 0.6) is 0 Å². The molecule has 52 heavy (non-hydrogen) atoms. The molecular formula is C40H44Cl3N7O2. The summed E-state index contributed by atoms with van der Waals surface area (Å²) < 4.78 is 2.09. The molecule has 0 bridgehead atoms. The molecule has 1 aliphatic heterocycles. The predicted octanol–water partition coefficient (Wildman–Crippen LogP) is 9.04. The number of likely N-dealkylation sites (tertiary alicyclic amines) is 1. The van der Waals surface area contributed by atoms with Crippen LogP contribution in [0.15, 0.2) is 73.1 Å². The highest BCUT2D eigenvalue weighted by atomic mass is 35.5. The Balaban J connectivity index is 1.26. The number of nitrogens with one attached hydrogen (secondary N) is 3. The zero-order valence-electron chi connectivity index (χ0n) is 29.6. The summed E-state index contributed by atoms with van der Waals surface area (Å²) in [5.74, 6) is -0.170. The third-order valence-electron chi connectivity index (χ3n) is 10.7. The molecule has 1 aliphatic carbocycles. The molecule has 2 fully saturated rings. The van der Waals surface area contributed by atoms with Crippen LogP contribution in [0.4, 0.5) is 4.79 Å². The first kappa shape index (κ1) is 36.3. The number of aromatic nitrogens is 3. The zero-order chi connectivity index (χ0) is 36.5. The highest BCUT2D eigenvalue weighted by Gasteiger charge is 2.35. The standard InChI is InChI=1S/C40H44Cl3N7O2/c1-24(29-15-13-26(41)21-31(29)43)50-23-44-36(25-9-5-4-6-10-25)38(50)35-30-16-14-27(42)22-33(30)46-37(35)39(51)47-32-11-7-8-12-34(32)49-19-17-28(18-20-49)45-40(52)48(2)3/h4-6,9-10,13-16,21-24,28,32,34,46H,7-8,11-12,17-20H2,1-3H3,(H,45,52)(H,47,51)/t24-,32-,34-/m0/s1. The summed E-state index contributed by atoms with van der Waals surface area (Å²) in [6.45, 7) is 3.81. The van der Waals surface area contributed by atoms with E-state index in [2.05, 4.69) is 32.0 Å². The lowest BCUT2D eigenvalue weighted by atomic mass is 9.87. The van der Waals surface area contributed by atoms with Crippen molar-refractivity contribution in [2.75, 3.05) is 27.2 Å². The van der Waals surface area contributed by atoms with Crippen LogP contribution in [0.3, 0.4) is 0 Å². The highest BCUT2D eigenvalue weighted by Crippen LogP contribution is 2.42. The normalized spacial score (nSPS) is 19.0. The number of nitrogens with zero attached hydrogens (tertiary/aromatic N) is 4. The van der Waals surface area contributed by atoms with Gasteiger partial charge in [-0.05, 0) is 62.4 Å². The number of fused-ring (bicyclic) bond motifs is 1. The summed E-state index contributed by atoms with van der Waals surface area (Å²) in [6, 6.07) is 21.3. The number of aromatic amines is 1. The van der Waals surface area contributed by atoms with Gasteiger partial charge in [0.1, 0.15) is 5.69 Å². The smallest absolute Gasteiger partial charge is 0.317 e. The number of rotatable bonds is 8. The second kappa shape index (κ2) is 15.5. The molecule has 272 valence electrons. The van der Waals surface area contributed by atoms with E-state index in [0.29, 0.717) is 20.8 Å². The lowest BCUT2D eigenvalue weighted by molar-refractivity contribution is 0.0740. The van der Waals surface area contributed by atoms with Crippen molar-refractivity contribution < 1.29 is 9.59 Å². The fourth-order valence-electron chi connectivity index (χ4n) is 7.92. The van der Waals surface area contributed by atoms with E-state index in [0.717, 1.165) is 90.6 Å². The van der Waals surface area contributed by atoms with Gasteiger partial charge in [0.25, 0.3) is 5.91 Å². The summed E-state index contributed by atoms with van der Waals surface area (Å²) in [5.41, 5.74) is 5.33. The van der Waals surface area contributed by atoms with E-state index in [-0.39, 0.29) is 36.1 Å². The van der Waals surface area contributed by atoms with Crippen molar-refractivity contribution in [1.29, 1.82) is 0 Å². The number of hydrogen-bond donors (Lipinski definition) is 3. The number of H-pyrrole nitrogens is 1. The number of urea groups is 1. The minimum atomic E-state index is -0.244. The van der Waals surface area contributed by atoms with Crippen LogP contribution in [-0.4, -0.2) is 81.6 Å². The number of imidazole rings is 1. The largest absolute Gasteiger partial charge is 0.350 e. The lowest BCUT2D eigenvalue weighted by Gasteiger charge is -2.43. The van der Waals surface area contributed by atoms with Crippen LogP contribution in [0, 0.1) is 0 Å². The van der Waals surface area contributed by atoms with Gasteiger partial charge in [0.2, 0.25) is 0 Å². The minimum Gasteiger partial charge on any atom is -0.350 e. The second-order valence-electron chi connectivity index (χ2n) is 14.2. The first-order valence-corrected chi connectivity index (χ1v) is 19.1. The number of carbonyl (C=O) groups excluding carboxylic acids is 2. The van der Waals surface area contributed by atoms with Gasteiger partial charge in [0.15, 0.2) is 0 Å². The van der Waals surface area contributed by atoms with Crippen LogP contribution in [0.25, 0.3) is 33.4 Å². The van der Waals surface area contributed by atoms with Gasteiger partial charge in [-0.15, -0.1) is 0 Å². The summed E-state index contributed by atoms with van der Waals surface area (Å²) in [4.78, 5) is 39.5. The Labute approximate surface area is 319 Å². The molecule has 3 heterocycles. The molecule has 3 N–H and O–H groups in total. The van der Waals surface area contributed by atoms with Crippen LogP contribution in [0.2, 0.25) is 15.1 Å². The number of benzene rings is 3. The zero-order valence-corrected chi connectivity index (χ0v) is 31.9. The molecule has 12 heteroatoms. The molecule has 1 saturated heterocycles. The summed E-state index contributed by atoms with van der Waals surface area (Å²) >= 11 is 19.6. The fraction of sp³-hybridized carbons (Fsp3) is 0.375. The Bertz CT molecular complexity index is 2070. The maximum atomic E-state index is 14.7. The third kappa shape index (κ3) is 7.42. The van der Waals surface area contributed by atoms with E-state index in [9.17, 15) is 9.59 Å². The maximum absolute atomic E-state index is 14.7. The Kier molecular flexibility index (Phi) is 10.9. The molecule has 3 aromatic carbocycles. The quantitative estimate of drug-likeness (QED) is 0.147. The van der Waals surface area contributed by atoms with Gasteiger partial charge in [-0.3, -0.25) is 9.69 Å². The van der Waals surface area contributed by atoms with Crippen molar-refractivity contribution in [1.82, 2.24) is 35.0 Å². The van der Waals surface area contributed by atoms with Gasteiger partial charge >= 0.3 is 6.03 Å². The number of carbonyl (C=O) groups is 2. The van der Waals surface area contributed by atoms with Crippen molar-refractivity contribution in [3.63, 3.8) is 0 Å². The van der Waals surface area contributed by atoms with Crippen LogP contribution < -0.4 is 10.6 Å². The SMILES string of the molecule is C[C@@H](c1ccc(Cl)cc1Cl)n1cnc(-c2ccccc2)c1-c1c(C(=O)N[C@H]2CCCC[C@@H]2N2CCC(NC(=O)N(C)C)CC2)[nH]c2cc(Cl)ccc12. The third-order valence-corrected chi connectivity index (χ3v) is 11.5. The van der Waals surface area contributed by atoms with E-state index >= 15 is 0 Å². The topological polar surface area (TPSA) is 98.3 Å². The molecule has 9 nitrogen and oxygen atoms in total. The molecule has 0 radical (unpaired) electrons. The predicted molar refractivity (Wildman–Crippen MR) is 211 cm³/mol. The van der Waals surface area contributed by atoms with Crippen molar-refractivity contribution in [2.45, 2.75) is 69.6 Å². The monoisotopic (exact) mass is 759 g/mol. The van der Waals surface area contributed by atoms with Crippen molar-refractivity contribution in [2.24, 2.45) is 0 Å². The van der Waals surface area contributed by atoms with E-state index in [1.165, 1.54) is 0 Å². The van der Waals surface area contributed by atoms with Crippen LogP contribution in [0.1, 0.15) is 67.5 Å². The molecule has 3 amide bonds. The Morgan fingerprint density at radius 2 is 1.62 bits per heavy atom. The summed E-state index contributed by atoms with van der Waals surface area (Å²) in [7, 11) is 3.53. The summed E-state index contributed by atoms with van der Waals surface area (Å²) in [5, 5.41) is 9.18. The Morgan fingerprint density at radius 1 is 0.904 bits per heavy atom. The molecule has 1 saturated carbocycles. The molecule has 0 spiro atoms. The second-order valence-corrected chi connectivity index (χ2v) is 15.5. The van der Waals surface area contributed by atoms with Crippen LogP contribution >= 0.6 is 34.8 Å². The summed E-state index contributed by atoms with van der Waals surface area (Å²) in [6.07, 6.45) is 7.67. The molecule has 7 rings (SSSR count). The van der Waals surface area contributed by atoms with Crippen molar-refractivity contribution in [3.8, 4) is 22.5 Å². The van der Waals surface area contributed by atoms with E-state index < -0.39 is 0 Å². The average molecular weight is 761 g/mol. The number of hydrogen-bond acceptors (Lipinski definition) is 4. The first-order chi connectivity index (χ1) is 25.1. The molecule has 3 atom stereocenters. The minimum absolute atomic E-state index is 0.0256. The molecule has 2 aromatic heterocycles. The molecule has 2 aliphatic rings. The van der Waals surface area contributed by atoms with Gasteiger partial charge < -0.3 is 25.1 Å². The number of halogens is 3. The first-order valence-electron chi connectivity index (χ1n) is 18.0. The Morgan fingerprint density at radius 3 is 2.35 bits per heavy atom. The Hall–Kier alpha value is -4.02. The van der Waals surface area contributed by atoms with Gasteiger partial charge in [-0.25, -0.2) is 9.78 Å². The lowest BCUT2D eigenvalue weighted by Crippen LogP contribution is -2.57. The van der Waals surface area contributed by atoms with E-state index in [1.807, 2.05) is 67.0 Å².